The summed E-state index contributed by atoms with van der Waals surface area (Å²) in [6.07, 6.45) is -0.130. The Bertz CT molecular complexity index is 784. The van der Waals surface area contributed by atoms with Gasteiger partial charge in [-0.05, 0) is 24.3 Å². The van der Waals surface area contributed by atoms with Gasteiger partial charge < -0.3 is 14.6 Å². The Morgan fingerprint density at radius 2 is 1.65 bits per heavy atom. The maximum atomic E-state index is 12.7. The van der Waals surface area contributed by atoms with Gasteiger partial charge in [-0.1, -0.05) is 36.4 Å². The molecule has 120 valence electrons. The molecule has 0 bridgehead atoms. The van der Waals surface area contributed by atoms with Gasteiger partial charge in [0, 0.05) is 0 Å². The van der Waals surface area contributed by atoms with Crippen molar-refractivity contribution in [3.05, 3.63) is 71.8 Å². The van der Waals surface area contributed by atoms with E-state index in [0.29, 0.717) is 5.75 Å². The van der Waals surface area contributed by atoms with Gasteiger partial charge in [0.15, 0.2) is 0 Å². The summed E-state index contributed by atoms with van der Waals surface area (Å²) in [6.45, 7) is 0.0510. The first-order valence-electron chi connectivity index (χ1n) is 7.10. The highest BCUT2D eigenvalue weighted by atomic mass is 32.2. The minimum Gasteiger partial charge on any atom is -0.499 e. The molecule has 0 radical (unpaired) electrons. The molecular weight excluding hydrogens is 316 g/mol. The van der Waals surface area contributed by atoms with E-state index >= 15 is 0 Å². The predicted octanol–water partition coefficient (Wildman–Crippen LogP) is 2.35. The molecule has 1 aliphatic rings. The Balaban J connectivity index is 1.83. The smallest absolute Gasteiger partial charge is 0.208 e. The fourth-order valence-corrected chi connectivity index (χ4v) is 3.91. The van der Waals surface area contributed by atoms with Crippen LogP contribution in [-0.4, -0.2) is 26.4 Å². The highest BCUT2D eigenvalue weighted by Crippen LogP contribution is 2.32. The highest BCUT2D eigenvalue weighted by molar-refractivity contribution is 7.95. The van der Waals surface area contributed by atoms with E-state index < -0.39 is 22.0 Å². The summed E-state index contributed by atoms with van der Waals surface area (Å²) in [5.41, 5.74) is 0. The maximum Gasteiger partial charge on any atom is 0.208 e. The van der Waals surface area contributed by atoms with Crippen molar-refractivity contribution in [1.29, 1.82) is 0 Å². The summed E-state index contributed by atoms with van der Waals surface area (Å²) < 4.78 is 36.0. The molecule has 1 N–H and O–H groups in total. The molecule has 3 rings (SSSR count). The van der Waals surface area contributed by atoms with E-state index in [9.17, 15) is 13.5 Å². The van der Waals surface area contributed by atoms with Gasteiger partial charge in [0.25, 0.3) is 0 Å². The van der Waals surface area contributed by atoms with Crippen LogP contribution >= 0.6 is 0 Å². The van der Waals surface area contributed by atoms with Crippen molar-refractivity contribution in [1.82, 2.24) is 0 Å². The van der Waals surface area contributed by atoms with E-state index in [0.717, 1.165) is 0 Å². The summed E-state index contributed by atoms with van der Waals surface area (Å²) in [6, 6.07) is 16.8. The third-order valence-electron chi connectivity index (χ3n) is 3.55. The van der Waals surface area contributed by atoms with E-state index in [1.165, 1.54) is 18.4 Å². The average molecular weight is 332 g/mol. The van der Waals surface area contributed by atoms with Crippen molar-refractivity contribution in [3.63, 3.8) is 0 Å². The predicted molar refractivity (Wildman–Crippen MR) is 84.2 cm³/mol. The maximum absolute atomic E-state index is 12.7. The summed E-state index contributed by atoms with van der Waals surface area (Å²) in [4.78, 5) is 0.181. The lowest BCUT2D eigenvalue weighted by molar-refractivity contribution is -0.0565. The van der Waals surface area contributed by atoms with Crippen molar-refractivity contribution >= 4 is 9.84 Å². The van der Waals surface area contributed by atoms with Crippen LogP contribution in [-0.2, 0) is 14.6 Å². The van der Waals surface area contributed by atoms with E-state index in [2.05, 4.69) is 0 Å². The van der Waals surface area contributed by atoms with Crippen molar-refractivity contribution < 1.29 is 23.0 Å². The molecule has 23 heavy (non-hydrogen) atoms. The number of ether oxygens (including phenoxy) is 2. The summed E-state index contributed by atoms with van der Waals surface area (Å²) in [7, 11) is -3.73. The van der Waals surface area contributed by atoms with Crippen LogP contribution in [0.3, 0.4) is 0 Å². The van der Waals surface area contributed by atoms with Crippen LogP contribution in [0.25, 0.3) is 0 Å². The second-order valence-electron chi connectivity index (χ2n) is 5.10. The van der Waals surface area contributed by atoms with Gasteiger partial charge in [-0.25, -0.2) is 8.42 Å². The topological polar surface area (TPSA) is 72.8 Å². The zero-order valence-electron chi connectivity index (χ0n) is 12.2. The van der Waals surface area contributed by atoms with Crippen LogP contribution in [0.5, 0.6) is 5.75 Å². The second kappa shape index (κ2) is 6.44. The molecule has 2 aromatic rings. The average Bonchev–Trinajstić information content (AvgIpc) is 3.07. The molecule has 0 spiro atoms. The first-order valence-corrected chi connectivity index (χ1v) is 8.59. The monoisotopic (exact) mass is 332 g/mol. The van der Waals surface area contributed by atoms with E-state index in [-0.39, 0.29) is 16.4 Å². The zero-order valence-corrected chi connectivity index (χ0v) is 13.0. The van der Waals surface area contributed by atoms with Gasteiger partial charge in [0.05, 0.1) is 22.0 Å². The number of benzene rings is 2. The van der Waals surface area contributed by atoms with Crippen LogP contribution in [0.1, 0.15) is 0 Å². The first-order chi connectivity index (χ1) is 11.1. The number of hydrogen-bond acceptors (Lipinski definition) is 5. The molecule has 0 unspecified atom stereocenters. The molecule has 0 fully saturated rings. The molecule has 0 amide bonds. The summed E-state index contributed by atoms with van der Waals surface area (Å²) >= 11 is 0. The van der Waals surface area contributed by atoms with Crippen molar-refractivity contribution in [2.45, 2.75) is 11.2 Å². The molecule has 5 nitrogen and oxygen atoms in total. The van der Waals surface area contributed by atoms with Crippen LogP contribution < -0.4 is 4.74 Å². The van der Waals surface area contributed by atoms with Crippen molar-refractivity contribution in [3.8, 4) is 5.75 Å². The Morgan fingerprint density at radius 1 is 1.04 bits per heavy atom. The minimum absolute atomic E-state index is 0.0205. The Labute approximate surface area is 134 Å². The molecule has 1 aliphatic heterocycles. The second-order valence-corrected chi connectivity index (χ2v) is 7.05. The van der Waals surface area contributed by atoms with Crippen LogP contribution in [0.2, 0.25) is 0 Å². The van der Waals surface area contributed by atoms with E-state index in [1.54, 1.807) is 42.5 Å². The SMILES string of the molecule is O=S(=O)(C1=COC[C@H]1[C@@H](O)Oc1ccccc1)c1ccccc1. The largest absolute Gasteiger partial charge is 0.499 e. The van der Waals surface area contributed by atoms with Gasteiger partial charge in [0.2, 0.25) is 16.1 Å². The molecular formula is C17H16O5S. The normalized spacial score (nSPS) is 18.8. The number of hydrogen-bond donors (Lipinski definition) is 1. The third-order valence-corrected chi connectivity index (χ3v) is 5.46. The lowest BCUT2D eigenvalue weighted by Crippen LogP contribution is -2.31. The number of sulfone groups is 1. The van der Waals surface area contributed by atoms with Crippen LogP contribution in [0, 0.1) is 5.92 Å². The molecule has 2 atom stereocenters. The molecule has 0 saturated heterocycles. The standard InChI is InChI=1S/C17H16O5S/c18-17(22-13-7-3-1-4-8-13)15-11-21-12-16(15)23(19,20)14-9-5-2-6-10-14/h1-10,12,15,17-18H,11H2/t15-,17+/m1/s1. The highest BCUT2D eigenvalue weighted by Gasteiger charge is 2.38. The van der Waals surface area contributed by atoms with Crippen molar-refractivity contribution in [2.75, 3.05) is 6.61 Å². The fourth-order valence-electron chi connectivity index (χ4n) is 2.35. The zero-order chi connectivity index (χ0) is 16.3. The molecule has 1 heterocycles. The molecule has 0 saturated carbocycles. The van der Waals surface area contributed by atoms with Crippen LogP contribution in [0.15, 0.2) is 76.7 Å². The lowest BCUT2D eigenvalue weighted by atomic mass is 10.1. The number of para-hydroxylation sites is 1. The number of rotatable bonds is 5. The lowest BCUT2D eigenvalue weighted by Gasteiger charge is -2.20. The molecule has 0 aliphatic carbocycles. The van der Waals surface area contributed by atoms with Gasteiger partial charge in [-0.2, -0.15) is 0 Å². The van der Waals surface area contributed by atoms with Gasteiger partial charge in [0.1, 0.15) is 12.4 Å². The molecule has 2 aromatic carbocycles. The van der Waals surface area contributed by atoms with Gasteiger partial charge in [-0.15, -0.1) is 0 Å². The van der Waals surface area contributed by atoms with Crippen molar-refractivity contribution in [2.24, 2.45) is 5.92 Å². The molecule has 0 aromatic heterocycles. The van der Waals surface area contributed by atoms with Crippen LogP contribution in [0.4, 0.5) is 0 Å². The van der Waals surface area contributed by atoms with E-state index in [1.807, 2.05) is 6.07 Å². The quantitative estimate of drug-likeness (QED) is 0.851. The minimum atomic E-state index is -3.73. The third kappa shape index (κ3) is 3.23. The fraction of sp³-hybridized carbons (Fsp3) is 0.176. The Morgan fingerprint density at radius 3 is 2.30 bits per heavy atom. The Kier molecular flexibility index (Phi) is 4.36. The summed E-state index contributed by atoms with van der Waals surface area (Å²) in [5.74, 6) is -0.316. The first kappa shape index (κ1) is 15.6. The molecule has 6 heteroatoms. The van der Waals surface area contributed by atoms with Gasteiger partial charge >= 0.3 is 0 Å². The van der Waals surface area contributed by atoms with E-state index in [4.69, 9.17) is 9.47 Å². The summed E-state index contributed by atoms with van der Waals surface area (Å²) in [5, 5.41) is 10.3. The van der Waals surface area contributed by atoms with Gasteiger partial charge in [-0.3, -0.25) is 0 Å². The Hall–Kier alpha value is -2.31. The number of aliphatic hydroxyl groups is 1. The number of aliphatic hydroxyl groups excluding tert-OH is 1.